The molecule has 0 saturated carbocycles. The third-order valence-corrected chi connectivity index (χ3v) is 6.03. The van der Waals surface area contributed by atoms with E-state index in [1.54, 1.807) is 22.8 Å². The van der Waals surface area contributed by atoms with E-state index in [4.69, 9.17) is 4.74 Å². The van der Waals surface area contributed by atoms with Crippen LogP contribution in [0.4, 0.5) is 0 Å². The molecule has 0 aliphatic carbocycles. The van der Waals surface area contributed by atoms with Gasteiger partial charge in [-0.15, -0.1) is 11.3 Å². The quantitative estimate of drug-likeness (QED) is 0.549. The Labute approximate surface area is 171 Å². The fourth-order valence-corrected chi connectivity index (χ4v) is 4.21. The van der Waals surface area contributed by atoms with Gasteiger partial charge in [-0.25, -0.2) is 0 Å². The molecule has 5 nitrogen and oxygen atoms in total. The smallest absolute Gasteiger partial charge is 0.264 e. The molecule has 0 aliphatic rings. The number of aryl methyl sites for hydroxylation is 3. The molecular formula is C20H22BrN3O2S. The maximum Gasteiger partial charge on any atom is 0.264 e. The highest BCUT2D eigenvalue weighted by Gasteiger charge is 2.17. The van der Waals surface area contributed by atoms with Gasteiger partial charge in [-0.1, -0.05) is 18.2 Å². The van der Waals surface area contributed by atoms with E-state index in [0.717, 1.165) is 32.6 Å². The molecule has 2 heterocycles. The zero-order chi connectivity index (χ0) is 19.6. The van der Waals surface area contributed by atoms with Gasteiger partial charge in [0.25, 0.3) is 5.91 Å². The van der Waals surface area contributed by atoms with Crippen LogP contribution in [-0.4, -0.2) is 27.6 Å². The maximum atomic E-state index is 12.7. The molecule has 2 aromatic heterocycles. The summed E-state index contributed by atoms with van der Waals surface area (Å²) >= 11 is 4.92. The van der Waals surface area contributed by atoms with E-state index in [9.17, 15) is 4.79 Å². The van der Waals surface area contributed by atoms with Crippen LogP contribution in [0.25, 0.3) is 0 Å². The third-order valence-electron chi connectivity index (χ3n) is 4.40. The van der Waals surface area contributed by atoms with Crippen LogP contribution in [0.5, 0.6) is 5.75 Å². The lowest BCUT2D eigenvalue weighted by Crippen LogP contribution is -2.26. The predicted octanol–water partition coefficient (Wildman–Crippen LogP) is 4.71. The van der Waals surface area contributed by atoms with Crippen LogP contribution >= 0.6 is 27.3 Å². The Morgan fingerprint density at radius 3 is 2.67 bits per heavy atom. The second-order valence-corrected chi connectivity index (χ2v) is 8.32. The molecule has 1 amide bonds. The summed E-state index contributed by atoms with van der Waals surface area (Å²) in [5, 5.41) is 6.17. The molecule has 0 radical (unpaired) electrons. The maximum absolute atomic E-state index is 12.7. The number of halogens is 1. The first kappa shape index (κ1) is 19.6. The number of para-hydroxylation sites is 1. The zero-order valence-electron chi connectivity index (χ0n) is 15.8. The summed E-state index contributed by atoms with van der Waals surface area (Å²) in [6.45, 7) is 5.02. The minimum absolute atomic E-state index is 0.00794. The number of nitrogens with zero attached hydrogens (tertiary/aromatic N) is 3. The van der Waals surface area contributed by atoms with Crippen molar-refractivity contribution in [3.8, 4) is 5.75 Å². The largest absolute Gasteiger partial charge is 0.488 e. The summed E-state index contributed by atoms with van der Waals surface area (Å²) in [6, 6.07) is 8.01. The Balaban J connectivity index is 1.65. The standard InChI is InChI=1S/C20H22BrN3O2S/c1-13-6-5-7-14(2)19(13)26-11-15-8-18(27-12-15)20(25)23(3)10-17-16(21)9-22-24(17)4/h5-9,12H,10-11H2,1-4H3. The minimum atomic E-state index is -0.00794. The Hall–Kier alpha value is -2.12. The van der Waals surface area contributed by atoms with Gasteiger partial charge in [0.05, 0.1) is 27.8 Å². The predicted molar refractivity (Wildman–Crippen MR) is 111 cm³/mol. The summed E-state index contributed by atoms with van der Waals surface area (Å²) in [5.74, 6) is 0.904. The molecule has 0 fully saturated rings. The zero-order valence-corrected chi connectivity index (χ0v) is 18.2. The second-order valence-electron chi connectivity index (χ2n) is 6.55. The first-order chi connectivity index (χ1) is 12.9. The van der Waals surface area contributed by atoms with E-state index in [1.807, 2.05) is 50.5 Å². The number of carbonyl (C=O) groups excluding carboxylic acids is 1. The lowest BCUT2D eigenvalue weighted by molar-refractivity contribution is 0.0786. The number of benzene rings is 1. The highest BCUT2D eigenvalue weighted by atomic mass is 79.9. The molecule has 3 rings (SSSR count). The van der Waals surface area contributed by atoms with Gasteiger partial charge in [0.15, 0.2) is 0 Å². The Kier molecular flexibility index (Phi) is 6.01. The van der Waals surface area contributed by atoms with Crippen LogP contribution < -0.4 is 4.74 Å². The summed E-state index contributed by atoms with van der Waals surface area (Å²) in [6.07, 6.45) is 1.74. The van der Waals surface area contributed by atoms with Gasteiger partial charge in [-0.2, -0.15) is 5.10 Å². The van der Waals surface area contributed by atoms with Crippen molar-refractivity contribution in [2.75, 3.05) is 7.05 Å². The van der Waals surface area contributed by atoms with Crippen LogP contribution in [0.3, 0.4) is 0 Å². The normalized spacial score (nSPS) is 10.9. The average molecular weight is 448 g/mol. The second kappa shape index (κ2) is 8.27. The van der Waals surface area contributed by atoms with E-state index in [-0.39, 0.29) is 5.91 Å². The molecule has 0 aliphatic heterocycles. The fraction of sp³-hybridized carbons (Fsp3) is 0.300. The summed E-state index contributed by atoms with van der Waals surface area (Å²) in [5.41, 5.74) is 4.19. The summed E-state index contributed by atoms with van der Waals surface area (Å²) in [4.78, 5) is 15.1. The van der Waals surface area contributed by atoms with Crippen molar-refractivity contribution in [2.24, 2.45) is 7.05 Å². The number of amides is 1. The number of ether oxygens (including phenoxy) is 1. The molecule has 0 spiro atoms. The van der Waals surface area contributed by atoms with Gasteiger partial charge in [0.1, 0.15) is 12.4 Å². The van der Waals surface area contributed by atoms with Gasteiger partial charge in [0.2, 0.25) is 0 Å². The first-order valence-electron chi connectivity index (χ1n) is 8.55. The van der Waals surface area contributed by atoms with Crippen LogP contribution in [0.2, 0.25) is 0 Å². The Morgan fingerprint density at radius 1 is 1.33 bits per heavy atom. The lowest BCUT2D eigenvalue weighted by Gasteiger charge is -2.16. The highest BCUT2D eigenvalue weighted by molar-refractivity contribution is 9.10. The van der Waals surface area contributed by atoms with Crippen molar-refractivity contribution in [1.82, 2.24) is 14.7 Å². The van der Waals surface area contributed by atoms with E-state index >= 15 is 0 Å². The molecular weight excluding hydrogens is 426 g/mol. The molecule has 0 unspecified atom stereocenters. The van der Waals surface area contributed by atoms with E-state index in [1.165, 1.54) is 11.3 Å². The Morgan fingerprint density at radius 2 is 2.04 bits per heavy atom. The molecule has 7 heteroatoms. The van der Waals surface area contributed by atoms with Gasteiger partial charge >= 0.3 is 0 Å². The summed E-state index contributed by atoms with van der Waals surface area (Å²) < 4.78 is 8.66. The first-order valence-corrected chi connectivity index (χ1v) is 10.2. The van der Waals surface area contributed by atoms with Crippen molar-refractivity contribution in [3.05, 3.63) is 67.6 Å². The number of carbonyl (C=O) groups is 1. The SMILES string of the molecule is Cc1cccc(C)c1OCc1csc(C(=O)N(C)Cc2c(Br)cnn2C)c1. The van der Waals surface area contributed by atoms with Crippen molar-refractivity contribution >= 4 is 33.2 Å². The molecule has 27 heavy (non-hydrogen) atoms. The molecule has 0 atom stereocenters. The highest BCUT2D eigenvalue weighted by Crippen LogP contribution is 2.25. The molecule has 3 aromatic rings. The van der Waals surface area contributed by atoms with Crippen LogP contribution in [0, 0.1) is 13.8 Å². The number of rotatable bonds is 6. The lowest BCUT2D eigenvalue weighted by atomic mass is 10.1. The number of aromatic nitrogens is 2. The Bertz CT molecular complexity index is 924. The number of hydrogen-bond acceptors (Lipinski definition) is 4. The number of hydrogen-bond donors (Lipinski definition) is 0. The third kappa shape index (κ3) is 4.42. The van der Waals surface area contributed by atoms with Crippen LogP contribution in [0.1, 0.15) is 32.1 Å². The fourth-order valence-electron chi connectivity index (χ4n) is 2.84. The van der Waals surface area contributed by atoms with Crippen molar-refractivity contribution < 1.29 is 9.53 Å². The average Bonchev–Trinajstić information content (AvgIpc) is 3.22. The monoisotopic (exact) mass is 447 g/mol. The van der Waals surface area contributed by atoms with Gasteiger partial charge < -0.3 is 9.64 Å². The van der Waals surface area contributed by atoms with Crippen LogP contribution in [0.15, 0.2) is 40.3 Å². The van der Waals surface area contributed by atoms with Gasteiger partial charge in [0, 0.05) is 19.7 Å². The molecule has 0 bridgehead atoms. The molecule has 1 aromatic carbocycles. The van der Waals surface area contributed by atoms with Crippen molar-refractivity contribution in [2.45, 2.75) is 27.0 Å². The van der Waals surface area contributed by atoms with E-state index in [2.05, 4.69) is 21.0 Å². The number of thiophene rings is 1. The topological polar surface area (TPSA) is 47.4 Å². The van der Waals surface area contributed by atoms with E-state index in [0.29, 0.717) is 18.0 Å². The van der Waals surface area contributed by atoms with E-state index < -0.39 is 0 Å². The van der Waals surface area contributed by atoms with Crippen LogP contribution in [-0.2, 0) is 20.2 Å². The summed E-state index contributed by atoms with van der Waals surface area (Å²) in [7, 11) is 3.67. The van der Waals surface area contributed by atoms with Crippen molar-refractivity contribution in [3.63, 3.8) is 0 Å². The van der Waals surface area contributed by atoms with Gasteiger partial charge in [-0.3, -0.25) is 9.48 Å². The van der Waals surface area contributed by atoms with Gasteiger partial charge in [-0.05, 0) is 52.4 Å². The molecule has 0 N–H and O–H groups in total. The minimum Gasteiger partial charge on any atom is -0.488 e. The van der Waals surface area contributed by atoms with Crippen molar-refractivity contribution in [1.29, 1.82) is 0 Å². The molecule has 0 saturated heterocycles. The molecule has 142 valence electrons.